The number of rotatable bonds is 9. The van der Waals surface area contributed by atoms with Crippen LogP contribution in [-0.4, -0.2) is 12.3 Å². The van der Waals surface area contributed by atoms with E-state index in [-0.39, 0.29) is 7.92 Å². The highest BCUT2D eigenvalue weighted by atomic mass is 31.1. The van der Waals surface area contributed by atoms with E-state index < -0.39 is 0 Å². The lowest BCUT2D eigenvalue weighted by Gasteiger charge is -2.23. The molecule has 0 aliphatic rings. The minimum atomic E-state index is 0.0677. The van der Waals surface area contributed by atoms with Crippen molar-refractivity contribution in [2.24, 2.45) is 0 Å². The summed E-state index contributed by atoms with van der Waals surface area (Å²) in [7, 11) is 0.0677. The van der Waals surface area contributed by atoms with Gasteiger partial charge in [0.25, 0.3) is 0 Å². The van der Waals surface area contributed by atoms with E-state index in [1.807, 2.05) is 0 Å². The zero-order valence-corrected chi connectivity index (χ0v) is 15.2. The molecule has 0 saturated heterocycles. The van der Waals surface area contributed by atoms with Gasteiger partial charge in [0.05, 0.1) is 0 Å². The van der Waals surface area contributed by atoms with Gasteiger partial charge in [0.15, 0.2) is 0 Å². The van der Waals surface area contributed by atoms with Crippen LogP contribution in [0.15, 0.2) is 12.1 Å². The van der Waals surface area contributed by atoms with Crippen molar-refractivity contribution in [3.05, 3.63) is 28.8 Å². The Labute approximate surface area is 128 Å². The smallest absolute Gasteiger partial charge is 0.0206 e. The van der Waals surface area contributed by atoms with Crippen LogP contribution >= 0.6 is 7.92 Å². The minimum Gasteiger partial charge on any atom is -0.0756 e. The molecular weight excluding hydrogens is 259 g/mol. The van der Waals surface area contributed by atoms with Gasteiger partial charge in [0, 0.05) is 0 Å². The van der Waals surface area contributed by atoms with Crippen molar-refractivity contribution in [3.63, 3.8) is 0 Å². The lowest BCUT2D eigenvalue weighted by atomic mass is 9.92. The zero-order chi connectivity index (χ0) is 15.0. The van der Waals surface area contributed by atoms with Crippen LogP contribution in [-0.2, 0) is 19.3 Å². The molecule has 0 heterocycles. The van der Waals surface area contributed by atoms with Crippen LogP contribution in [0.3, 0.4) is 0 Å². The highest BCUT2D eigenvalue weighted by Crippen LogP contribution is 2.36. The maximum absolute atomic E-state index is 2.48. The van der Waals surface area contributed by atoms with E-state index in [4.69, 9.17) is 0 Å². The first kappa shape index (κ1) is 17.7. The van der Waals surface area contributed by atoms with Crippen LogP contribution in [0, 0.1) is 0 Å². The molecule has 1 aromatic rings. The van der Waals surface area contributed by atoms with Gasteiger partial charge in [-0.25, -0.2) is 0 Å². The van der Waals surface area contributed by atoms with Gasteiger partial charge in [-0.1, -0.05) is 73.9 Å². The molecule has 0 N–H and O–H groups in total. The first-order valence-electron chi connectivity index (χ1n) is 8.61. The van der Waals surface area contributed by atoms with Gasteiger partial charge in [0.2, 0.25) is 0 Å². The second-order valence-corrected chi connectivity index (χ2v) is 8.45. The third-order valence-corrected chi connectivity index (χ3v) is 6.75. The minimum absolute atomic E-state index is 0.0677. The van der Waals surface area contributed by atoms with Gasteiger partial charge in [-0.2, -0.15) is 0 Å². The molecule has 0 spiro atoms. The Kier molecular flexibility index (Phi) is 8.46. The molecule has 0 unspecified atom stereocenters. The summed E-state index contributed by atoms with van der Waals surface area (Å²) >= 11 is 0. The van der Waals surface area contributed by atoms with Crippen molar-refractivity contribution >= 4 is 13.2 Å². The Balaban J connectivity index is 3.33. The molecule has 0 atom stereocenters. The fourth-order valence-corrected chi connectivity index (χ4v) is 5.23. The fourth-order valence-electron chi connectivity index (χ4n) is 3.18. The Morgan fingerprint density at radius 2 is 1.25 bits per heavy atom. The maximum Gasteiger partial charge on any atom is -0.0206 e. The van der Waals surface area contributed by atoms with Gasteiger partial charge in [-0.3, -0.25) is 0 Å². The van der Waals surface area contributed by atoms with Crippen molar-refractivity contribution in [1.29, 1.82) is 0 Å². The Morgan fingerprint density at radius 3 is 1.75 bits per heavy atom. The Morgan fingerprint density at radius 1 is 0.700 bits per heavy atom. The predicted octanol–water partition coefficient (Wildman–Crippen LogP) is 5.69. The monoisotopic (exact) mass is 292 g/mol. The summed E-state index contributed by atoms with van der Waals surface area (Å²) in [5, 5.41) is 1.72. The van der Waals surface area contributed by atoms with Gasteiger partial charge >= 0.3 is 0 Å². The van der Waals surface area contributed by atoms with Crippen LogP contribution in [0.2, 0.25) is 0 Å². The second-order valence-electron chi connectivity index (χ2n) is 5.62. The summed E-state index contributed by atoms with van der Waals surface area (Å²) in [5.41, 5.74) is 5.07. The van der Waals surface area contributed by atoms with Crippen molar-refractivity contribution < 1.29 is 0 Å². The molecule has 0 aliphatic carbocycles. The van der Waals surface area contributed by atoms with Crippen LogP contribution < -0.4 is 5.30 Å². The molecular formula is C19H33P. The van der Waals surface area contributed by atoms with E-state index in [2.05, 4.69) is 46.8 Å². The van der Waals surface area contributed by atoms with Crippen LogP contribution in [0.5, 0.6) is 0 Å². The summed E-state index contributed by atoms with van der Waals surface area (Å²) < 4.78 is 0. The third-order valence-electron chi connectivity index (χ3n) is 4.13. The van der Waals surface area contributed by atoms with E-state index in [1.54, 1.807) is 22.0 Å². The van der Waals surface area contributed by atoms with E-state index in [9.17, 15) is 0 Å². The average Bonchev–Trinajstić information content (AvgIpc) is 2.46. The summed E-state index contributed by atoms with van der Waals surface area (Å²) in [6.07, 6.45) is 10.3. The number of hydrogen-bond acceptors (Lipinski definition) is 0. The summed E-state index contributed by atoms with van der Waals surface area (Å²) in [4.78, 5) is 0. The maximum atomic E-state index is 2.48. The van der Waals surface area contributed by atoms with Crippen molar-refractivity contribution in [3.8, 4) is 0 Å². The number of benzene rings is 1. The quantitative estimate of drug-likeness (QED) is 0.513. The van der Waals surface area contributed by atoms with Gasteiger partial charge in [0.1, 0.15) is 0 Å². The summed E-state index contributed by atoms with van der Waals surface area (Å²) in [6.45, 7) is 11.7. The molecule has 0 saturated carbocycles. The van der Waals surface area contributed by atoms with E-state index >= 15 is 0 Å². The summed E-state index contributed by atoms with van der Waals surface area (Å²) in [6, 6.07) is 4.93. The molecule has 1 aromatic carbocycles. The predicted molar refractivity (Wildman–Crippen MR) is 96.1 cm³/mol. The zero-order valence-electron chi connectivity index (χ0n) is 14.3. The molecule has 114 valence electrons. The molecule has 0 amide bonds. The molecule has 0 aliphatic heterocycles. The number of aryl methyl sites for hydroxylation is 1. The SMILES string of the molecule is CCCc1ccc(P(CC)CC)c(CCC)c1CCC. The highest BCUT2D eigenvalue weighted by Gasteiger charge is 2.16. The molecule has 0 nitrogen and oxygen atoms in total. The van der Waals surface area contributed by atoms with Gasteiger partial charge in [-0.15, -0.1) is 0 Å². The lowest BCUT2D eigenvalue weighted by Crippen LogP contribution is -2.16. The molecule has 0 bridgehead atoms. The molecule has 1 heteroatoms. The second kappa shape index (κ2) is 9.56. The molecule has 1 rings (SSSR count). The topological polar surface area (TPSA) is 0 Å². The van der Waals surface area contributed by atoms with E-state index in [1.165, 1.54) is 50.8 Å². The lowest BCUT2D eigenvalue weighted by molar-refractivity contribution is 0.829. The number of hydrogen-bond donors (Lipinski definition) is 0. The first-order valence-corrected chi connectivity index (χ1v) is 10.3. The van der Waals surface area contributed by atoms with Crippen molar-refractivity contribution in [1.82, 2.24) is 0 Å². The third kappa shape index (κ3) is 4.32. The Hall–Kier alpha value is -0.350. The van der Waals surface area contributed by atoms with Crippen LogP contribution in [0.1, 0.15) is 70.6 Å². The fraction of sp³-hybridized carbons (Fsp3) is 0.684. The Bertz CT molecular complexity index is 391. The largest absolute Gasteiger partial charge is 0.0756 e. The van der Waals surface area contributed by atoms with E-state index in [0.29, 0.717) is 0 Å². The normalized spacial score (nSPS) is 11.3. The first-order chi connectivity index (χ1) is 9.73. The highest BCUT2D eigenvalue weighted by molar-refractivity contribution is 7.65. The van der Waals surface area contributed by atoms with E-state index in [0.717, 1.165) is 0 Å². The molecule has 0 aromatic heterocycles. The average molecular weight is 292 g/mol. The molecule has 0 fully saturated rings. The van der Waals surface area contributed by atoms with Gasteiger partial charge in [-0.05, 0) is 53.6 Å². The standard InChI is InChI=1S/C19H33P/c1-6-11-16-14-15-19(20(9-4)10-5)18(13-8-3)17(16)12-7-2/h14-15H,6-13H2,1-5H3. The van der Waals surface area contributed by atoms with Gasteiger partial charge < -0.3 is 0 Å². The van der Waals surface area contributed by atoms with Crippen molar-refractivity contribution in [2.75, 3.05) is 12.3 Å². The van der Waals surface area contributed by atoms with Crippen molar-refractivity contribution in [2.45, 2.75) is 73.1 Å². The van der Waals surface area contributed by atoms with Crippen LogP contribution in [0.25, 0.3) is 0 Å². The molecule has 0 radical (unpaired) electrons. The molecule has 20 heavy (non-hydrogen) atoms. The van der Waals surface area contributed by atoms with Crippen LogP contribution in [0.4, 0.5) is 0 Å². The summed E-state index contributed by atoms with van der Waals surface area (Å²) in [5.74, 6) is 0.